The molecule has 0 heterocycles. The van der Waals surface area contributed by atoms with Crippen molar-refractivity contribution in [2.75, 3.05) is 19.8 Å². The molecule has 1 rings (SSSR count). The number of Topliss-reactive ketones (excluding diaryl/α,β-unsaturated/α-hetero) is 2. The number of hydrogen-bond acceptors (Lipinski definition) is 6. The Balaban J connectivity index is 2.82. The average Bonchev–Trinajstić information content (AvgIpc) is 2.75. The summed E-state index contributed by atoms with van der Waals surface area (Å²) in [5.74, 6) is -1.66. The fourth-order valence-corrected chi connectivity index (χ4v) is 3.52. The number of rotatable bonds is 15. The molecule has 35 heavy (non-hydrogen) atoms. The van der Waals surface area contributed by atoms with Crippen LogP contribution in [0.3, 0.4) is 0 Å². The van der Waals surface area contributed by atoms with E-state index in [9.17, 15) is 19.2 Å². The molecule has 1 aromatic rings. The van der Waals surface area contributed by atoms with Crippen LogP contribution in [0, 0.1) is 17.3 Å². The molecule has 0 atom stereocenters. The van der Waals surface area contributed by atoms with E-state index in [1.165, 1.54) is 12.1 Å². The summed E-state index contributed by atoms with van der Waals surface area (Å²) < 4.78 is 11.9. The minimum Gasteiger partial charge on any atom is -0.493 e. The van der Waals surface area contributed by atoms with E-state index in [1.54, 1.807) is 19.9 Å². The lowest BCUT2D eigenvalue weighted by Gasteiger charge is -2.29. The summed E-state index contributed by atoms with van der Waals surface area (Å²) >= 11 is 0. The van der Waals surface area contributed by atoms with Crippen LogP contribution in [0.5, 0.6) is 5.75 Å². The second-order valence-electron chi connectivity index (χ2n) is 10.7. The Morgan fingerprint density at radius 3 is 2.03 bits per heavy atom. The summed E-state index contributed by atoms with van der Waals surface area (Å²) in [6, 6.07) is 4.52. The molecule has 0 saturated heterocycles. The smallest absolute Gasteiger partial charge is 0.322 e. The van der Waals surface area contributed by atoms with Gasteiger partial charge in [0.2, 0.25) is 0 Å². The van der Waals surface area contributed by atoms with Gasteiger partial charge in [0.25, 0.3) is 5.91 Å². The molecule has 0 aromatic heterocycles. The van der Waals surface area contributed by atoms with Gasteiger partial charge < -0.3 is 19.9 Å². The minimum atomic E-state index is -1.16. The first kappa shape index (κ1) is 30.3. The first-order chi connectivity index (χ1) is 16.1. The lowest BCUT2D eigenvalue weighted by molar-refractivity contribution is -0.135. The van der Waals surface area contributed by atoms with Crippen LogP contribution in [0.1, 0.15) is 88.9 Å². The van der Waals surface area contributed by atoms with Crippen LogP contribution < -0.4 is 10.1 Å². The maximum absolute atomic E-state index is 12.5. The number of ether oxygens (including phenoxy) is 2. The summed E-state index contributed by atoms with van der Waals surface area (Å²) in [6.07, 6.45) is 1.15. The van der Waals surface area contributed by atoms with Crippen molar-refractivity contribution in [1.29, 1.82) is 0 Å². The van der Waals surface area contributed by atoms with Crippen LogP contribution in [0.4, 0.5) is 0 Å². The van der Waals surface area contributed by atoms with Gasteiger partial charge in [-0.05, 0) is 38.5 Å². The highest BCUT2D eigenvalue weighted by atomic mass is 16.5. The largest absolute Gasteiger partial charge is 0.493 e. The third-order valence-corrected chi connectivity index (χ3v) is 5.76. The van der Waals surface area contributed by atoms with E-state index in [0.29, 0.717) is 30.8 Å². The monoisotopic (exact) mass is 491 g/mol. The zero-order chi connectivity index (χ0) is 27.0. The van der Waals surface area contributed by atoms with Crippen molar-refractivity contribution in [1.82, 2.24) is 5.32 Å². The Hall–Kier alpha value is -2.74. The number of amides is 1. The summed E-state index contributed by atoms with van der Waals surface area (Å²) in [5.41, 5.74) is -0.489. The van der Waals surface area contributed by atoms with Crippen LogP contribution in [-0.2, 0) is 14.3 Å². The van der Waals surface area contributed by atoms with Crippen molar-refractivity contribution < 1.29 is 33.8 Å². The molecule has 0 aliphatic heterocycles. The van der Waals surface area contributed by atoms with Gasteiger partial charge in [-0.1, -0.05) is 41.5 Å². The lowest BCUT2D eigenvalue weighted by Crippen LogP contribution is -2.33. The standard InChI is InChI=1S/C27H41NO7/c1-17(2)23(31)19-13-20(25(33)28-16-22(29)30)15-21(14-19)34-11-10-27(7,8)35-12-9-26(5,6)24(32)18(3)4/h13-15,17-18H,9-12,16H2,1-8H3,(H,28,33)(H,29,30). The van der Waals surface area contributed by atoms with Gasteiger partial charge in [0, 0.05) is 41.4 Å². The maximum Gasteiger partial charge on any atom is 0.322 e. The summed E-state index contributed by atoms with van der Waals surface area (Å²) in [6.45, 7) is 15.3. The summed E-state index contributed by atoms with van der Waals surface area (Å²) in [5, 5.41) is 11.1. The van der Waals surface area contributed by atoms with Crippen LogP contribution >= 0.6 is 0 Å². The minimum absolute atomic E-state index is 0.0270. The predicted molar refractivity (Wildman–Crippen MR) is 134 cm³/mol. The Morgan fingerprint density at radius 2 is 1.49 bits per heavy atom. The first-order valence-corrected chi connectivity index (χ1v) is 12.1. The highest BCUT2D eigenvalue weighted by Crippen LogP contribution is 2.27. The third-order valence-electron chi connectivity index (χ3n) is 5.76. The summed E-state index contributed by atoms with van der Waals surface area (Å²) in [7, 11) is 0. The highest BCUT2D eigenvalue weighted by molar-refractivity contribution is 6.02. The number of ketones is 2. The Kier molecular flexibility index (Phi) is 11.1. The van der Waals surface area contributed by atoms with Crippen molar-refractivity contribution in [3.05, 3.63) is 29.3 Å². The molecule has 196 valence electrons. The topological polar surface area (TPSA) is 119 Å². The van der Waals surface area contributed by atoms with E-state index in [-0.39, 0.29) is 35.6 Å². The van der Waals surface area contributed by atoms with Gasteiger partial charge in [-0.3, -0.25) is 19.2 Å². The van der Waals surface area contributed by atoms with E-state index in [1.807, 2.05) is 41.5 Å². The Labute approximate surface area is 208 Å². The number of carboxylic acid groups (broad SMARTS) is 1. The maximum atomic E-state index is 12.5. The van der Waals surface area contributed by atoms with Gasteiger partial charge in [0.05, 0.1) is 12.2 Å². The molecule has 1 amide bonds. The fraction of sp³-hybridized carbons (Fsp3) is 0.630. The quantitative estimate of drug-likeness (QED) is 0.346. The average molecular weight is 492 g/mol. The second-order valence-corrected chi connectivity index (χ2v) is 10.7. The SMILES string of the molecule is CC(C)C(=O)c1cc(OCCC(C)(C)OCCC(C)(C)C(=O)C(C)C)cc(C(=O)NCC(=O)O)c1. The molecule has 0 aliphatic carbocycles. The van der Waals surface area contributed by atoms with E-state index in [4.69, 9.17) is 14.6 Å². The van der Waals surface area contributed by atoms with Crippen molar-refractivity contribution in [2.45, 2.75) is 73.8 Å². The van der Waals surface area contributed by atoms with Crippen molar-refractivity contribution in [2.24, 2.45) is 17.3 Å². The van der Waals surface area contributed by atoms with Gasteiger partial charge in [0.15, 0.2) is 5.78 Å². The Morgan fingerprint density at radius 1 is 0.886 bits per heavy atom. The number of carbonyl (C=O) groups excluding carboxylic acids is 3. The number of carboxylic acids is 1. The molecule has 8 nitrogen and oxygen atoms in total. The number of benzene rings is 1. The highest BCUT2D eigenvalue weighted by Gasteiger charge is 2.30. The second kappa shape index (κ2) is 12.8. The molecule has 0 radical (unpaired) electrons. The normalized spacial score (nSPS) is 12.1. The molecular weight excluding hydrogens is 450 g/mol. The number of hydrogen-bond donors (Lipinski definition) is 2. The predicted octanol–water partition coefficient (Wildman–Crippen LogP) is 4.55. The number of nitrogens with one attached hydrogen (secondary N) is 1. The lowest BCUT2D eigenvalue weighted by atomic mass is 9.80. The van der Waals surface area contributed by atoms with E-state index in [2.05, 4.69) is 5.32 Å². The van der Waals surface area contributed by atoms with Crippen LogP contribution in [0.25, 0.3) is 0 Å². The van der Waals surface area contributed by atoms with Crippen molar-refractivity contribution >= 4 is 23.4 Å². The third kappa shape index (κ3) is 10.2. The van der Waals surface area contributed by atoms with Crippen molar-refractivity contribution in [3.8, 4) is 5.75 Å². The van der Waals surface area contributed by atoms with Gasteiger partial charge in [0.1, 0.15) is 18.1 Å². The van der Waals surface area contributed by atoms with Gasteiger partial charge >= 0.3 is 5.97 Å². The summed E-state index contributed by atoms with van der Waals surface area (Å²) in [4.78, 5) is 48.0. The van der Waals surface area contributed by atoms with Gasteiger partial charge in [-0.15, -0.1) is 0 Å². The molecule has 0 fully saturated rings. The Bertz CT molecular complexity index is 916. The zero-order valence-corrected chi connectivity index (χ0v) is 22.3. The molecule has 0 aliphatic rings. The molecule has 0 saturated carbocycles. The molecule has 0 bridgehead atoms. The molecule has 0 spiro atoms. The van der Waals surface area contributed by atoms with Gasteiger partial charge in [-0.25, -0.2) is 0 Å². The van der Waals surface area contributed by atoms with Crippen LogP contribution in [0.15, 0.2) is 18.2 Å². The molecule has 2 N–H and O–H groups in total. The first-order valence-electron chi connectivity index (χ1n) is 12.1. The van der Waals surface area contributed by atoms with E-state index >= 15 is 0 Å². The zero-order valence-electron chi connectivity index (χ0n) is 22.3. The molecule has 0 unspecified atom stereocenters. The van der Waals surface area contributed by atoms with Crippen LogP contribution in [0.2, 0.25) is 0 Å². The van der Waals surface area contributed by atoms with Crippen LogP contribution in [-0.4, -0.2) is 53.9 Å². The number of aliphatic carboxylic acids is 1. The van der Waals surface area contributed by atoms with E-state index < -0.39 is 29.4 Å². The van der Waals surface area contributed by atoms with Gasteiger partial charge in [-0.2, -0.15) is 0 Å². The molecular formula is C27H41NO7. The molecule has 8 heteroatoms. The van der Waals surface area contributed by atoms with Crippen molar-refractivity contribution in [3.63, 3.8) is 0 Å². The fourth-order valence-electron chi connectivity index (χ4n) is 3.52. The number of carbonyl (C=O) groups is 4. The molecule has 1 aromatic carbocycles. The van der Waals surface area contributed by atoms with E-state index in [0.717, 1.165) is 0 Å².